The van der Waals surface area contributed by atoms with Gasteiger partial charge in [0, 0.05) is 56.8 Å². The zero-order valence-electron chi connectivity index (χ0n) is 19.9. The highest BCUT2D eigenvalue weighted by Crippen LogP contribution is 2.30. The average Bonchev–Trinajstić information content (AvgIpc) is 3.24. The molecule has 8 nitrogen and oxygen atoms in total. The number of piperidine rings is 1. The van der Waals surface area contributed by atoms with Crippen LogP contribution in [0.1, 0.15) is 36.8 Å². The lowest BCUT2D eigenvalue weighted by Gasteiger charge is -2.38. The van der Waals surface area contributed by atoms with Crippen molar-refractivity contribution in [1.82, 2.24) is 19.3 Å². The Bertz CT molecular complexity index is 1200. The standard InChI is InChI=1S/C24H30F2N4O4S/c1-3-28-12-14-29(15-13-28)24(31)19-8-10-30(11-9-19)35(32,33)23-17(2)27-34-22(23)7-5-18-4-6-20(25)16-21(18)26/h4-7,16,19H,3,8-15H2,1-2H3. The van der Waals surface area contributed by atoms with Gasteiger partial charge in [0.2, 0.25) is 15.9 Å². The van der Waals surface area contributed by atoms with Crippen molar-refractivity contribution >= 4 is 28.1 Å². The van der Waals surface area contributed by atoms with Gasteiger partial charge in [0.1, 0.15) is 17.3 Å². The monoisotopic (exact) mass is 508 g/mol. The van der Waals surface area contributed by atoms with Gasteiger partial charge in [0.15, 0.2) is 10.7 Å². The van der Waals surface area contributed by atoms with Crippen molar-refractivity contribution in [2.75, 3.05) is 45.8 Å². The fraction of sp³-hybridized carbons (Fsp3) is 0.500. The van der Waals surface area contributed by atoms with E-state index >= 15 is 0 Å². The van der Waals surface area contributed by atoms with Crippen LogP contribution in [0.3, 0.4) is 0 Å². The van der Waals surface area contributed by atoms with Crippen LogP contribution in [0.5, 0.6) is 0 Å². The number of aryl methyl sites for hydroxylation is 1. The minimum Gasteiger partial charge on any atom is -0.355 e. The number of piperazine rings is 1. The molecular weight excluding hydrogens is 478 g/mol. The molecule has 2 saturated heterocycles. The minimum atomic E-state index is -3.95. The van der Waals surface area contributed by atoms with Crippen molar-refractivity contribution in [2.24, 2.45) is 5.92 Å². The Kier molecular flexibility index (Phi) is 7.67. The highest BCUT2D eigenvalue weighted by Gasteiger charge is 2.37. The Balaban J connectivity index is 1.44. The number of carbonyl (C=O) groups is 1. The average molecular weight is 509 g/mol. The number of likely N-dealkylation sites (N-methyl/N-ethyl adjacent to an activating group) is 1. The van der Waals surface area contributed by atoms with Crippen LogP contribution in [-0.2, 0) is 14.8 Å². The van der Waals surface area contributed by atoms with E-state index in [2.05, 4.69) is 17.0 Å². The summed E-state index contributed by atoms with van der Waals surface area (Å²) in [6.07, 6.45) is 3.52. The molecule has 2 aliphatic heterocycles. The molecule has 0 saturated carbocycles. The molecule has 0 atom stereocenters. The Morgan fingerprint density at radius 1 is 1.11 bits per heavy atom. The summed E-state index contributed by atoms with van der Waals surface area (Å²) >= 11 is 0. The van der Waals surface area contributed by atoms with Crippen LogP contribution in [0.4, 0.5) is 8.78 Å². The van der Waals surface area contributed by atoms with Gasteiger partial charge in [0.25, 0.3) is 0 Å². The molecule has 0 radical (unpaired) electrons. The minimum absolute atomic E-state index is 0.0294. The molecule has 190 valence electrons. The third kappa shape index (κ3) is 5.46. The number of benzene rings is 1. The zero-order chi connectivity index (χ0) is 25.2. The van der Waals surface area contributed by atoms with Crippen molar-refractivity contribution in [2.45, 2.75) is 31.6 Å². The third-order valence-electron chi connectivity index (χ3n) is 6.74. The summed E-state index contributed by atoms with van der Waals surface area (Å²) in [6, 6.07) is 3.11. The maximum Gasteiger partial charge on any atom is 0.248 e. The second-order valence-corrected chi connectivity index (χ2v) is 10.8. The summed E-state index contributed by atoms with van der Waals surface area (Å²) in [5.41, 5.74) is 0.277. The Morgan fingerprint density at radius 3 is 2.43 bits per heavy atom. The van der Waals surface area contributed by atoms with Crippen LogP contribution in [0, 0.1) is 24.5 Å². The van der Waals surface area contributed by atoms with Crippen molar-refractivity contribution in [3.8, 4) is 0 Å². The van der Waals surface area contributed by atoms with E-state index in [0.29, 0.717) is 25.9 Å². The first kappa shape index (κ1) is 25.5. The second kappa shape index (κ2) is 10.5. The van der Waals surface area contributed by atoms with Gasteiger partial charge in [-0.15, -0.1) is 0 Å². The molecule has 11 heteroatoms. The number of rotatable bonds is 6. The molecule has 1 aromatic carbocycles. The SMILES string of the molecule is CCN1CCN(C(=O)C2CCN(S(=O)(=O)c3c(C)noc3C=Cc3ccc(F)cc3F)CC2)CC1. The topological polar surface area (TPSA) is 87.0 Å². The highest BCUT2D eigenvalue weighted by atomic mass is 32.2. The number of aromatic nitrogens is 1. The fourth-order valence-corrected chi connectivity index (χ4v) is 6.34. The van der Waals surface area contributed by atoms with Gasteiger partial charge in [-0.2, -0.15) is 4.31 Å². The predicted molar refractivity (Wildman–Crippen MR) is 127 cm³/mol. The molecule has 2 aromatic rings. The summed E-state index contributed by atoms with van der Waals surface area (Å²) in [5.74, 6) is -1.60. The van der Waals surface area contributed by atoms with Crippen LogP contribution in [-0.4, -0.2) is 79.4 Å². The molecule has 2 fully saturated rings. The molecule has 2 aliphatic rings. The Morgan fingerprint density at radius 2 is 1.80 bits per heavy atom. The van der Waals surface area contributed by atoms with E-state index in [-0.39, 0.29) is 46.8 Å². The van der Waals surface area contributed by atoms with Crippen molar-refractivity contribution in [3.63, 3.8) is 0 Å². The summed E-state index contributed by atoms with van der Waals surface area (Å²) in [5, 5.41) is 3.79. The van der Waals surface area contributed by atoms with Gasteiger partial charge in [-0.1, -0.05) is 12.1 Å². The maximum absolute atomic E-state index is 14.0. The van der Waals surface area contributed by atoms with E-state index < -0.39 is 21.7 Å². The Labute approximate surface area is 204 Å². The quantitative estimate of drug-likeness (QED) is 0.596. The number of hydrogen-bond acceptors (Lipinski definition) is 6. The highest BCUT2D eigenvalue weighted by molar-refractivity contribution is 7.89. The van der Waals surface area contributed by atoms with Crippen LogP contribution in [0.15, 0.2) is 27.6 Å². The van der Waals surface area contributed by atoms with Crippen molar-refractivity contribution in [3.05, 3.63) is 46.9 Å². The summed E-state index contributed by atoms with van der Waals surface area (Å²) in [6.45, 7) is 8.16. The third-order valence-corrected chi connectivity index (χ3v) is 8.80. The molecule has 4 rings (SSSR count). The van der Waals surface area contributed by atoms with Crippen molar-refractivity contribution in [1.29, 1.82) is 0 Å². The normalized spacial score (nSPS) is 19.0. The molecule has 0 aliphatic carbocycles. The lowest BCUT2D eigenvalue weighted by molar-refractivity contribution is -0.138. The van der Waals surface area contributed by atoms with Gasteiger partial charge in [-0.25, -0.2) is 17.2 Å². The van der Waals surface area contributed by atoms with Crippen molar-refractivity contribution < 1.29 is 26.5 Å². The zero-order valence-corrected chi connectivity index (χ0v) is 20.7. The number of nitrogens with zero attached hydrogens (tertiary/aromatic N) is 4. The molecule has 0 N–H and O–H groups in total. The van der Waals surface area contributed by atoms with Gasteiger partial charge in [-0.05, 0) is 50.6 Å². The van der Waals surface area contributed by atoms with Gasteiger partial charge >= 0.3 is 0 Å². The molecule has 0 bridgehead atoms. The number of sulfonamides is 1. The van der Waals surface area contributed by atoms with E-state index in [1.54, 1.807) is 0 Å². The van der Waals surface area contributed by atoms with E-state index in [1.807, 2.05) is 4.90 Å². The first-order valence-corrected chi connectivity index (χ1v) is 13.3. The number of amides is 1. The molecule has 0 spiro atoms. The van der Waals surface area contributed by atoms with Crippen LogP contribution in [0.25, 0.3) is 12.2 Å². The number of hydrogen-bond donors (Lipinski definition) is 0. The molecule has 1 aromatic heterocycles. The maximum atomic E-state index is 14.0. The predicted octanol–water partition coefficient (Wildman–Crippen LogP) is 3.00. The van der Waals surface area contributed by atoms with Crippen LogP contribution in [0.2, 0.25) is 0 Å². The van der Waals surface area contributed by atoms with E-state index in [4.69, 9.17) is 4.52 Å². The van der Waals surface area contributed by atoms with E-state index in [9.17, 15) is 22.0 Å². The van der Waals surface area contributed by atoms with Crippen LogP contribution >= 0.6 is 0 Å². The Hall–Kier alpha value is -2.63. The van der Waals surface area contributed by atoms with E-state index in [1.165, 1.54) is 29.4 Å². The summed E-state index contributed by atoms with van der Waals surface area (Å²) < 4.78 is 60.5. The lowest BCUT2D eigenvalue weighted by atomic mass is 9.96. The lowest BCUT2D eigenvalue weighted by Crippen LogP contribution is -2.51. The molecule has 0 unspecified atom stereocenters. The first-order valence-electron chi connectivity index (χ1n) is 11.8. The molecule has 1 amide bonds. The van der Waals surface area contributed by atoms with Gasteiger partial charge < -0.3 is 14.3 Å². The van der Waals surface area contributed by atoms with Crippen LogP contribution < -0.4 is 0 Å². The molecule has 35 heavy (non-hydrogen) atoms. The van der Waals surface area contributed by atoms with Gasteiger partial charge in [0.05, 0.1) is 0 Å². The molecular formula is C24H30F2N4O4S. The summed E-state index contributed by atoms with van der Waals surface area (Å²) in [7, 11) is -3.95. The number of carbonyl (C=O) groups excluding carboxylic acids is 1. The molecule has 3 heterocycles. The van der Waals surface area contributed by atoms with E-state index in [0.717, 1.165) is 31.8 Å². The second-order valence-electron chi connectivity index (χ2n) is 8.90. The number of halogens is 2. The largest absolute Gasteiger partial charge is 0.355 e. The summed E-state index contributed by atoms with van der Waals surface area (Å²) in [4.78, 5) is 17.1. The smallest absolute Gasteiger partial charge is 0.248 e. The fourth-order valence-electron chi connectivity index (χ4n) is 4.62. The first-order chi connectivity index (χ1) is 16.7. The van der Waals surface area contributed by atoms with Gasteiger partial charge in [-0.3, -0.25) is 4.79 Å².